The Hall–Kier alpha value is -2.87. The van der Waals surface area contributed by atoms with Crippen LogP contribution in [0.25, 0.3) is 0 Å². The molecule has 0 atom stereocenters. The summed E-state index contributed by atoms with van der Waals surface area (Å²) in [5, 5.41) is 13.5. The maximum Gasteiger partial charge on any atom is 0.338 e. The topological polar surface area (TPSA) is 98.5 Å². The lowest BCUT2D eigenvalue weighted by Gasteiger charge is -2.07. The van der Waals surface area contributed by atoms with Gasteiger partial charge in [-0.2, -0.15) is 0 Å². The molecule has 8 heteroatoms. The van der Waals surface area contributed by atoms with E-state index < -0.39 is 10.9 Å². The van der Waals surface area contributed by atoms with Gasteiger partial charge in [-0.1, -0.05) is 12.1 Å². The number of thioether (sulfide) groups is 1. The van der Waals surface area contributed by atoms with Crippen molar-refractivity contribution in [2.75, 3.05) is 17.7 Å². The zero-order chi connectivity index (χ0) is 18.9. The first kappa shape index (κ1) is 19.5. The van der Waals surface area contributed by atoms with Crippen molar-refractivity contribution in [3.8, 4) is 0 Å². The third-order valence-electron chi connectivity index (χ3n) is 3.30. The number of amides is 1. The molecule has 2 aromatic rings. The van der Waals surface area contributed by atoms with E-state index in [1.807, 2.05) is 0 Å². The third kappa shape index (κ3) is 5.89. The smallest absolute Gasteiger partial charge is 0.338 e. The maximum atomic E-state index is 12.0. The molecular weight excluding hydrogens is 356 g/mol. The Morgan fingerprint density at radius 3 is 2.58 bits per heavy atom. The van der Waals surface area contributed by atoms with E-state index in [9.17, 15) is 19.7 Å². The number of anilines is 1. The van der Waals surface area contributed by atoms with Gasteiger partial charge in [-0.25, -0.2) is 4.79 Å². The van der Waals surface area contributed by atoms with Crippen LogP contribution in [-0.2, 0) is 15.3 Å². The van der Waals surface area contributed by atoms with Crippen molar-refractivity contribution in [2.24, 2.45) is 0 Å². The summed E-state index contributed by atoms with van der Waals surface area (Å²) in [6.45, 7) is 2.04. The Labute approximate surface area is 154 Å². The number of carbonyl (C=O) groups is 2. The fourth-order valence-corrected chi connectivity index (χ4v) is 2.90. The molecule has 0 heterocycles. The highest BCUT2D eigenvalue weighted by atomic mass is 32.2. The molecular formula is C18H18N2O5S. The van der Waals surface area contributed by atoms with Crippen molar-refractivity contribution in [3.63, 3.8) is 0 Å². The van der Waals surface area contributed by atoms with Crippen molar-refractivity contribution in [3.05, 3.63) is 69.8 Å². The van der Waals surface area contributed by atoms with Crippen LogP contribution in [0.3, 0.4) is 0 Å². The summed E-state index contributed by atoms with van der Waals surface area (Å²) in [5.74, 6) is 0.112. The van der Waals surface area contributed by atoms with Gasteiger partial charge >= 0.3 is 5.97 Å². The van der Waals surface area contributed by atoms with Gasteiger partial charge in [0.05, 0.1) is 22.8 Å². The number of esters is 1. The predicted octanol–water partition coefficient (Wildman–Crippen LogP) is 3.64. The van der Waals surface area contributed by atoms with E-state index >= 15 is 0 Å². The number of carbonyl (C=O) groups excluding carboxylic acids is 2. The van der Waals surface area contributed by atoms with Crippen LogP contribution >= 0.6 is 11.8 Å². The molecule has 2 rings (SSSR count). The number of ether oxygens (including phenoxy) is 1. The van der Waals surface area contributed by atoms with Gasteiger partial charge in [-0.15, -0.1) is 11.8 Å². The second-order valence-electron chi connectivity index (χ2n) is 5.27. The van der Waals surface area contributed by atoms with E-state index in [-0.39, 0.29) is 17.3 Å². The Balaban J connectivity index is 1.81. The second-order valence-corrected chi connectivity index (χ2v) is 6.25. The van der Waals surface area contributed by atoms with E-state index in [1.54, 1.807) is 43.3 Å². The molecule has 0 aromatic heterocycles. The van der Waals surface area contributed by atoms with Crippen LogP contribution in [0.15, 0.2) is 48.5 Å². The average Bonchev–Trinajstić information content (AvgIpc) is 2.62. The van der Waals surface area contributed by atoms with Crippen molar-refractivity contribution in [1.82, 2.24) is 0 Å². The molecule has 0 aliphatic rings. The van der Waals surface area contributed by atoms with Crippen molar-refractivity contribution >= 4 is 35.0 Å². The van der Waals surface area contributed by atoms with Crippen molar-refractivity contribution < 1.29 is 19.2 Å². The molecule has 0 bridgehead atoms. The number of non-ortho nitro benzene ring substituents is 1. The molecule has 2 aromatic carbocycles. The second kappa shape index (κ2) is 9.57. The van der Waals surface area contributed by atoms with Gasteiger partial charge in [-0.05, 0) is 36.8 Å². The van der Waals surface area contributed by atoms with Gasteiger partial charge in [0.2, 0.25) is 5.91 Å². The standard InChI is InChI=1S/C18H18N2O5S/c1-2-25-18(22)14-6-8-15(9-7-14)19-17(21)12-26-11-13-4-3-5-16(10-13)20(23)24/h3-10H,2,11-12H2,1H3,(H,19,21). The number of hydrogen-bond acceptors (Lipinski definition) is 6. The molecule has 0 unspecified atom stereocenters. The van der Waals surface area contributed by atoms with Gasteiger partial charge < -0.3 is 10.1 Å². The average molecular weight is 374 g/mol. The Morgan fingerprint density at radius 1 is 1.19 bits per heavy atom. The van der Waals surface area contributed by atoms with Crippen LogP contribution in [0.4, 0.5) is 11.4 Å². The van der Waals surface area contributed by atoms with Crippen molar-refractivity contribution in [2.45, 2.75) is 12.7 Å². The number of nitro groups is 1. The van der Waals surface area contributed by atoms with E-state index in [2.05, 4.69) is 5.32 Å². The number of nitrogens with zero attached hydrogens (tertiary/aromatic N) is 1. The number of nitro benzene ring substituents is 1. The Morgan fingerprint density at radius 2 is 1.92 bits per heavy atom. The maximum absolute atomic E-state index is 12.0. The summed E-state index contributed by atoms with van der Waals surface area (Å²) >= 11 is 1.36. The molecule has 0 spiro atoms. The van der Waals surface area contributed by atoms with E-state index in [1.165, 1.54) is 23.9 Å². The Kier molecular flexibility index (Phi) is 7.16. The first-order valence-electron chi connectivity index (χ1n) is 7.87. The molecule has 1 amide bonds. The summed E-state index contributed by atoms with van der Waals surface area (Å²) in [4.78, 5) is 33.8. The minimum atomic E-state index is -0.444. The highest BCUT2D eigenvalue weighted by Crippen LogP contribution is 2.18. The van der Waals surface area contributed by atoms with Gasteiger partial charge in [0.1, 0.15) is 0 Å². The molecule has 26 heavy (non-hydrogen) atoms. The van der Waals surface area contributed by atoms with E-state index in [0.717, 1.165) is 5.56 Å². The molecule has 0 radical (unpaired) electrons. The zero-order valence-corrected chi connectivity index (χ0v) is 15.0. The van der Waals surface area contributed by atoms with Gasteiger partial charge in [0, 0.05) is 23.6 Å². The number of rotatable bonds is 8. The third-order valence-corrected chi connectivity index (χ3v) is 4.31. The molecule has 136 valence electrons. The summed E-state index contributed by atoms with van der Waals surface area (Å²) in [6.07, 6.45) is 0. The number of benzene rings is 2. The molecule has 0 saturated heterocycles. The largest absolute Gasteiger partial charge is 0.462 e. The molecule has 1 N–H and O–H groups in total. The van der Waals surface area contributed by atoms with Gasteiger partial charge in [-0.3, -0.25) is 14.9 Å². The van der Waals surface area contributed by atoms with Crippen LogP contribution in [-0.4, -0.2) is 29.2 Å². The number of nitrogens with one attached hydrogen (secondary N) is 1. The molecule has 7 nitrogen and oxygen atoms in total. The van der Waals surface area contributed by atoms with E-state index in [4.69, 9.17) is 4.74 Å². The molecule has 0 fully saturated rings. The van der Waals surface area contributed by atoms with Crippen LogP contribution in [0.1, 0.15) is 22.8 Å². The lowest BCUT2D eigenvalue weighted by molar-refractivity contribution is -0.384. The van der Waals surface area contributed by atoms with Crippen LogP contribution in [0.5, 0.6) is 0 Å². The quantitative estimate of drug-likeness (QED) is 0.430. The summed E-state index contributed by atoms with van der Waals surface area (Å²) < 4.78 is 4.90. The first-order valence-corrected chi connectivity index (χ1v) is 9.03. The minimum Gasteiger partial charge on any atom is -0.462 e. The fourth-order valence-electron chi connectivity index (χ4n) is 2.12. The molecule has 0 aliphatic carbocycles. The first-order chi connectivity index (χ1) is 12.5. The highest BCUT2D eigenvalue weighted by Gasteiger charge is 2.09. The van der Waals surface area contributed by atoms with Crippen LogP contribution in [0, 0.1) is 10.1 Å². The summed E-state index contributed by atoms with van der Waals surface area (Å²) in [7, 11) is 0. The monoisotopic (exact) mass is 374 g/mol. The number of hydrogen-bond donors (Lipinski definition) is 1. The normalized spacial score (nSPS) is 10.2. The summed E-state index contributed by atoms with van der Waals surface area (Å²) in [6, 6.07) is 12.8. The molecule has 0 aliphatic heterocycles. The predicted molar refractivity (Wildman–Crippen MR) is 100 cm³/mol. The highest BCUT2D eigenvalue weighted by molar-refractivity contribution is 7.99. The minimum absolute atomic E-state index is 0.0363. The van der Waals surface area contributed by atoms with Gasteiger partial charge in [0.25, 0.3) is 5.69 Å². The fraction of sp³-hybridized carbons (Fsp3) is 0.222. The molecule has 0 saturated carbocycles. The van der Waals surface area contributed by atoms with Crippen molar-refractivity contribution in [1.29, 1.82) is 0 Å². The Bertz CT molecular complexity index is 792. The van der Waals surface area contributed by atoms with E-state index in [0.29, 0.717) is 23.6 Å². The van der Waals surface area contributed by atoms with Crippen LogP contribution in [0.2, 0.25) is 0 Å². The van der Waals surface area contributed by atoms with Gasteiger partial charge in [0.15, 0.2) is 0 Å². The lowest BCUT2D eigenvalue weighted by Crippen LogP contribution is -2.14. The summed E-state index contributed by atoms with van der Waals surface area (Å²) in [5.41, 5.74) is 1.83. The SMILES string of the molecule is CCOC(=O)c1ccc(NC(=O)CSCc2cccc([N+](=O)[O-])c2)cc1. The van der Waals surface area contributed by atoms with Crippen LogP contribution < -0.4 is 5.32 Å². The zero-order valence-electron chi connectivity index (χ0n) is 14.1. The lowest BCUT2D eigenvalue weighted by atomic mass is 10.2.